The van der Waals surface area contributed by atoms with Crippen LogP contribution < -0.4 is 9.47 Å². The molecular weight excluding hydrogens is 340 g/mol. The van der Waals surface area contributed by atoms with Gasteiger partial charge in [0.1, 0.15) is 24.2 Å². The molecule has 1 fully saturated rings. The van der Waals surface area contributed by atoms with Gasteiger partial charge in [0.05, 0.1) is 7.11 Å². The summed E-state index contributed by atoms with van der Waals surface area (Å²) in [6.07, 6.45) is 1.62. The second-order valence-electron chi connectivity index (χ2n) is 7.35. The van der Waals surface area contributed by atoms with Crippen molar-refractivity contribution in [3.05, 3.63) is 70.3 Å². The first-order valence-corrected chi connectivity index (χ1v) is 9.28. The molecule has 4 nitrogen and oxygen atoms in total. The van der Waals surface area contributed by atoms with E-state index in [2.05, 4.69) is 26.5 Å². The Kier molecular flexibility index (Phi) is 4.42. The molecule has 0 bridgehead atoms. The molecule has 4 rings (SSSR count). The molecule has 0 saturated carbocycles. The Morgan fingerprint density at radius 1 is 1.26 bits per heavy atom. The van der Waals surface area contributed by atoms with Gasteiger partial charge in [0, 0.05) is 17.1 Å². The van der Waals surface area contributed by atoms with E-state index in [4.69, 9.17) is 14.2 Å². The SMILES string of the molecule is C=C1C(=O)O[C@H]2c3c(C)c(OCc4cccc(OC)c4)cc(C)c3CC[C@@H]12. The van der Waals surface area contributed by atoms with E-state index in [-0.39, 0.29) is 18.0 Å². The fourth-order valence-corrected chi connectivity index (χ4v) is 4.25. The number of hydrogen-bond acceptors (Lipinski definition) is 4. The van der Waals surface area contributed by atoms with Gasteiger partial charge >= 0.3 is 5.97 Å². The largest absolute Gasteiger partial charge is 0.497 e. The molecule has 2 aromatic rings. The topological polar surface area (TPSA) is 44.8 Å². The smallest absolute Gasteiger partial charge is 0.334 e. The highest BCUT2D eigenvalue weighted by molar-refractivity contribution is 5.91. The molecular formula is C23H24O4. The number of ether oxygens (including phenoxy) is 3. The first-order valence-electron chi connectivity index (χ1n) is 9.28. The van der Waals surface area contributed by atoms with Crippen LogP contribution in [0.2, 0.25) is 0 Å². The number of carbonyl (C=O) groups excluding carboxylic acids is 1. The van der Waals surface area contributed by atoms with Crippen LogP contribution in [0.3, 0.4) is 0 Å². The molecule has 1 saturated heterocycles. The molecule has 0 radical (unpaired) electrons. The van der Waals surface area contributed by atoms with Crippen LogP contribution in [0, 0.1) is 19.8 Å². The Morgan fingerprint density at radius 3 is 2.85 bits per heavy atom. The van der Waals surface area contributed by atoms with Gasteiger partial charge in [-0.15, -0.1) is 0 Å². The van der Waals surface area contributed by atoms with Crippen LogP contribution in [0.5, 0.6) is 11.5 Å². The molecule has 0 amide bonds. The highest BCUT2D eigenvalue weighted by Gasteiger charge is 2.44. The van der Waals surface area contributed by atoms with Crippen LogP contribution in [0.4, 0.5) is 0 Å². The molecule has 27 heavy (non-hydrogen) atoms. The zero-order chi connectivity index (χ0) is 19.1. The summed E-state index contributed by atoms with van der Waals surface area (Å²) >= 11 is 0. The Labute approximate surface area is 159 Å². The molecule has 1 aliphatic heterocycles. The van der Waals surface area contributed by atoms with E-state index >= 15 is 0 Å². The highest BCUT2D eigenvalue weighted by atomic mass is 16.6. The van der Waals surface area contributed by atoms with Gasteiger partial charge in [0.15, 0.2) is 0 Å². The van der Waals surface area contributed by atoms with E-state index in [1.807, 2.05) is 24.3 Å². The number of rotatable bonds is 4. The second-order valence-corrected chi connectivity index (χ2v) is 7.35. The minimum atomic E-state index is -0.266. The number of carbonyl (C=O) groups is 1. The lowest BCUT2D eigenvalue weighted by molar-refractivity contribution is -0.139. The van der Waals surface area contributed by atoms with Crippen molar-refractivity contribution < 1.29 is 19.0 Å². The van der Waals surface area contributed by atoms with Gasteiger partial charge in [-0.1, -0.05) is 18.7 Å². The zero-order valence-corrected chi connectivity index (χ0v) is 16.0. The normalized spacial score (nSPS) is 20.7. The molecule has 0 spiro atoms. The number of methoxy groups -OCH3 is 1. The third kappa shape index (κ3) is 2.99. The molecule has 140 valence electrons. The monoisotopic (exact) mass is 364 g/mol. The summed E-state index contributed by atoms with van der Waals surface area (Å²) in [5.74, 6) is 1.46. The van der Waals surface area contributed by atoms with Crippen molar-refractivity contribution in [2.45, 2.75) is 39.4 Å². The summed E-state index contributed by atoms with van der Waals surface area (Å²) in [7, 11) is 1.66. The van der Waals surface area contributed by atoms with Crippen molar-refractivity contribution in [2.24, 2.45) is 5.92 Å². The zero-order valence-electron chi connectivity index (χ0n) is 16.0. The molecule has 2 aliphatic rings. The lowest BCUT2D eigenvalue weighted by Gasteiger charge is -2.30. The van der Waals surface area contributed by atoms with E-state index in [0.717, 1.165) is 41.0 Å². The van der Waals surface area contributed by atoms with Gasteiger partial charge in [-0.05, 0) is 67.1 Å². The summed E-state index contributed by atoms with van der Waals surface area (Å²) in [6.45, 7) is 8.55. The van der Waals surface area contributed by atoms with Gasteiger partial charge in [0.25, 0.3) is 0 Å². The van der Waals surface area contributed by atoms with Crippen LogP contribution in [0.1, 0.15) is 40.3 Å². The summed E-state index contributed by atoms with van der Waals surface area (Å²) in [6, 6.07) is 9.96. The Hall–Kier alpha value is -2.75. The maximum Gasteiger partial charge on any atom is 0.334 e. The van der Waals surface area contributed by atoms with Crippen molar-refractivity contribution >= 4 is 5.97 Å². The molecule has 2 atom stereocenters. The molecule has 2 aromatic carbocycles. The number of fused-ring (bicyclic) bond motifs is 3. The fraction of sp³-hybridized carbons (Fsp3) is 0.348. The van der Waals surface area contributed by atoms with Gasteiger partial charge in [-0.2, -0.15) is 0 Å². The second kappa shape index (κ2) is 6.76. The fourth-order valence-electron chi connectivity index (χ4n) is 4.25. The predicted octanol–water partition coefficient (Wildman–Crippen LogP) is 4.61. The van der Waals surface area contributed by atoms with Gasteiger partial charge in [-0.25, -0.2) is 4.79 Å². The molecule has 4 heteroatoms. The molecule has 0 aromatic heterocycles. The maximum atomic E-state index is 12.0. The summed E-state index contributed by atoms with van der Waals surface area (Å²) in [4.78, 5) is 12.0. The Morgan fingerprint density at radius 2 is 2.07 bits per heavy atom. The van der Waals surface area contributed by atoms with Gasteiger partial charge < -0.3 is 14.2 Å². The number of esters is 1. The van der Waals surface area contributed by atoms with E-state index in [1.165, 1.54) is 11.1 Å². The van der Waals surface area contributed by atoms with Crippen LogP contribution in [-0.4, -0.2) is 13.1 Å². The van der Waals surface area contributed by atoms with Gasteiger partial charge in [0.2, 0.25) is 0 Å². The Bertz CT molecular complexity index is 928. The van der Waals surface area contributed by atoms with E-state index in [9.17, 15) is 4.79 Å². The first kappa shape index (κ1) is 17.7. The number of aryl methyl sites for hydroxylation is 1. The van der Waals surface area contributed by atoms with Crippen molar-refractivity contribution in [3.63, 3.8) is 0 Å². The minimum absolute atomic E-state index is 0.0803. The van der Waals surface area contributed by atoms with Gasteiger partial charge in [-0.3, -0.25) is 0 Å². The van der Waals surface area contributed by atoms with E-state index in [1.54, 1.807) is 7.11 Å². The van der Waals surface area contributed by atoms with Crippen LogP contribution >= 0.6 is 0 Å². The number of hydrogen-bond donors (Lipinski definition) is 0. The number of benzene rings is 2. The lowest BCUT2D eigenvalue weighted by Crippen LogP contribution is -2.20. The summed E-state index contributed by atoms with van der Waals surface area (Å²) in [5.41, 5.74) is 6.27. The predicted molar refractivity (Wildman–Crippen MR) is 103 cm³/mol. The lowest BCUT2D eigenvalue weighted by atomic mass is 9.76. The van der Waals surface area contributed by atoms with Crippen molar-refractivity contribution in [1.29, 1.82) is 0 Å². The standard InChI is InChI=1S/C23H24O4/c1-13-10-20(26-12-16-6-5-7-17(11-16)25-4)15(3)21-18(13)8-9-19-14(2)23(24)27-22(19)21/h5-7,10-11,19,22H,2,8-9,12H2,1,3-4H3/t19-,22+/m0/s1. The third-order valence-electron chi connectivity index (χ3n) is 5.75. The van der Waals surface area contributed by atoms with Crippen LogP contribution in [-0.2, 0) is 22.6 Å². The van der Waals surface area contributed by atoms with Crippen molar-refractivity contribution in [1.82, 2.24) is 0 Å². The summed E-state index contributed by atoms with van der Waals surface area (Å²) < 4.78 is 17.1. The average Bonchev–Trinajstić information content (AvgIpc) is 2.97. The minimum Gasteiger partial charge on any atom is -0.497 e. The molecule has 1 heterocycles. The van der Waals surface area contributed by atoms with E-state index < -0.39 is 0 Å². The highest BCUT2D eigenvalue weighted by Crippen LogP contribution is 2.49. The van der Waals surface area contributed by atoms with E-state index in [0.29, 0.717) is 12.2 Å². The third-order valence-corrected chi connectivity index (χ3v) is 5.75. The maximum absolute atomic E-state index is 12.0. The molecule has 0 unspecified atom stereocenters. The van der Waals surface area contributed by atoms with Crippen molar-refractivity contribution in [2.75, 3.05) is 7.11 Å². The quantitative estimate of drug-likeness (QED) is 0.587. The summed E-state index contributed by atoms with van der Waals surface area (Å²) in [5, 5.41) is 0. The molecule has 1 aliphatic carbocycles. The van der Waals surface area contributed by atoms with Crippen molar-refractivity contribution in [3.8, 4) is 11.5 Å². The Balaban J connectivity index is 1.65. The average molecular weight is 364 g/mol. The van der Waals surface area contributed by atoms with Crippen LogP contribution in [0.15, 0.2) is 42.5 Å². The van der Waals surface area contributed by atoms with Crippen LogP contribution in [0.25, 0.3) is 0 Å². The first-order chi connectivity index (χ1) is 13.0. The molecule has 0 N–H and O–H groups in total.